The summed E-state index contributed by atoms with van der Waals surface area (Å²) in [5.41, 5.74) is 2.62. The van der Waals surface area contributed by atoms with Crippen LogP contribution in [-0.2, 0) is 32.1 Å². The first-order valence-corrected chi connectivity index (χ1v) is 11.3. The Morgan fingerprint density at radius 2 is 1.65 bits per heavy atom. The maximum atomic E-state index is 13.2. The number of hydrogen-bond acceptors (Lipinski definition) is 5. The number of fused-ring (bicyclic) bond motifs is 1. The number of para-hydroxylation sites is 1. The van der Waals surface area contributed by atoms with E-state index >= 15 is 0 Å². The number of alkyl carbamates (subject to hydrolysis) is 1. The number of amides is 2. The van der Waals surface area contributed by atoms with Crippen LogP contribution in [0, 0.1) is 5.92 Å². The van der Waals surface area contributed by atoms with Crippen LogP contribution in [0.1, 0.15) is 31.4 Å². The van der Waals surface area contributed by atoms with Gasteiger partial charge in [0.1, 0.15) is 18.7 Å². The average Bonchev–Trinajstić information content (AvgIpc) is 3.24. The quantitative estimate of drug-likeness (QED) is 0.396. The van der Waals surface area contributed by atoms with Gasteiger partial charge in [0, 0.05) is 23.5 Å². The summed E-state index contributed by atoms with van der Waals surface area (Å²) < 4.78 is 10.2. The molecule has 2 amide bonds. The first kappa shape index (κ1) is 24.8. The maximum absolute atomic E-state index is 13.2. The summed E-state index contributed by atoms with van der Waals surface area (Å²) in [6.45, 7) is 3.97. The first-order chi connectivity index (χ1) is 16.4. The van der Waals surface area contributed by atoms with Gasteiger partial charge in [-0.05, 0) is 29.5 Å². The van der Waals surface area contributed by atoms with Gasteiger partial charge in [0.15, 0.2) is 0 Å². The highest BCUT2D eigenvalue weighted by atomic mass is 16.5. The van der Waals surface area contributed by atoms with Gasteiger partial charge in [0.25, 0.3) is 0 Å². The Morgan fingerprint density at radius 3 is 2.35 bits per heavy atom. The highest BCUT2D eigenvalue weighted by Crippen LogP contribution is 2.19. The third-order valence-corrected chi connectivity index (χ3v) is 5.43. The Morgan fingerprint density at radius 1 is 0.941 bits per heavy atom. The summed E-state index contributed by atoms with van der Waals surface area (Å²) in [5, 5.41) is 6.36. The topological polar surface area (TPSA) is 110 Å². The van der Waals surface area contributed by atoms with Crippen molar-refractivity contribution in [2.24, 2.45) is 5.92 Å². The van der Waals surface area contributed by atoms with Crippen LogP contribution in [0.2, 0.25) is 0 Å². The molecule has 34 heavy (non-hydrogen) atoms. The number of aromatic nitrogens is 1. The van der Waals surface area contributed by atoms with Crippen molar-refractivity contribution in [3.05, 3.63) is 71.9 Å². The molecule has 0 saturated carbocycles. The molecule has 0 saturated heterocycles. The van der Waals surface area contributed by atoms with E-state index in [4.69, 9.17) is 9.47 Å². The standard InChI is InChI=1S/C26H31N3O5/c1-17(2)13-23(25(31)33-3)28-24(30)22(14-19-15-27-21-12-8-7-11-20(19)21)29-26(32)34-16-18-9-5-4-6-10-18/h4-12,15,17,22-23,27H,13-14,16H2,1-3H3,(H,28,30)(H,29,32). The minimum atomic E-state index is -0.957. The van der Waals surface area contributed by atoms with Crippen molar-refractivity contribution < 1.29 is 23.9 Å². The summed E-state index contributed by atoms with van der Waals surface area (Å²) in [4.78, 5) is 41.2. The van der Waals surface area contributed by atoms with Crippen molar-refractivity contribution >= 4 is 28.9 Å². The van der Waals surface area contributed by atoms with Gasteiger partial charge in [-0.1, -0.05) is 62.4 Å². The molecule has 3 rings (SSSR count). The number of benzene rings is 2. The number of hydrogen-bond donors (Lipinski definition) is 3. The molecule has 8 nitrogen and oxygen atoms in total. The largest absolute Gasteiger partial charge is 0.467 e. The van der Waals surface area contributed by atoms with Crippen molar-refractivity contribution in [3.63, 3.8) is 0 Å². The van der Waals surface area contributed by atoms with Crippen LogP contribution < -0.4 is 10.6 Å². The number of carbonyl (C=O) groups excluding carboxylic acids is 3. The number of carbonyl (C=O) groups is 3. The number of aromatic amines is 1. The lowest BCUT2D eigenvalue weighted by molar-refractivity contribution is -0.145. The molecule has 0 bridgehead atoms. The Labute approximate surface area is 199 Å². The van der Waals surface area contributed by atoms with Crippen LogP contribution in [0.25, 0.3) is 10.9 Å². The molecule has 180 valence electrons. The van der Waals surface area contributed by atoms with Gasteiger partial charge in [0.2, 0.25) is 5.91 Å². The summed E-state index contributed by atoms with van der Waals surface area (Å²) in [5.74, 6) is -0.863. The predicted molar refractivity (Wildman–Crippen MR) is 129 cm³/mol. The lowest BCUT2D eigenvalue weighted by Crippen LogP contribution is -2.53. The molecule has 0 spiro atoms. The average molecular weight is 466 g/mol. The van der Waals surface area contributed by atoms with Gasteiger partial charge < -0.3 is 25.1 Å². The van der Waals surface area contributed by atoms with Crippen LogP contribution in [-0.4, -0.2) is 42.1 Å². The van der Waals surface area contributed by atoms with Crippen molar-refractivity contribution in [3.8, 4) is 0 Å². The Kier molecular flexibility index (Phi) is 8.67. The SMILES string of the molecule is COC(=O)C(CC(C)C)NC(=O)C(Cc1c[nH]c2ccccc12)NC(=O)OCc1ccccc1. The Hall–Kier alpha value is -3.81. The second-order valence-electron chi connectivity index (χ2n) is 8.54. The van der Waals surface area contributed by atoms with E-state index in [1.54, 1.807) is 0 Å². The molecule has 0 radical (unpaired) electrons. The minimum absolute atomic E-state index is 0.0756. The molecule has 2 atom stereocenters. The Balaban J connectivity index is 1.76. The van der Waals surface area contributed by atoms with E-state index in [9.17, 15) is 14.4 Å². The van der Waals surface area contributed by atoms with Crippen LogP contribution >= 0.6 is 0 Å². The molecule has 3 N–H and O–H groups in total. The summed E-state index contributed by atoms with van der Waals surface area (Å²) in [6.07, 6.45) is 1.72. The molecular formula is C26H31N3O5. The maximum Gasteiger partial charge on any atom is 0.408 e. The van der Waals surface area contributed by atoms with Crippen LogP contribution in [0.4, 0.5) is 4.79 Å². The third-order valence-electron chi connectivity index (χ3n) is 5.43. The molecule has 3 aromatic rings. The smallest absolute Gasteiger partial charge is 0.408 e. The number of rotatable bonds is 10. The molecule has 0 fully saturated rings. The lowest BCUT2D eigenvalue weighted by Gasteiger charge is -2.23. The van der Waals surface area contributed by atoms with Gasteiger partial charge >= 0.3 is 12.1 Å². The third kappa shape index (κ3) is 6.84. The van der Waals surface area contributed by atoms with Crippen molar-refractivity contribution in [2.45, 2.75) is 45.4 Å². The fourth-order valence-corrected chi connectivity index (χ4v) is 3.74. The molecule has 0 aliphatic heterocycles. The molecular weight excluding hydrogens is 434 g/mol. The molecule has 2 aromatic carbocycles. The molecule has 1 aromatic heterocycles. The van der Waals surface area contributed by atoms with Gasteiger partial charge in [0.05, 0.1) is 7.11 Å². The number of esters is 1. The van der Waals surface area contributed by atoms with E-state index in [-0.39, 0.29) is 18.9 Å². The first-order valence-electron chi connectivity index (χ1n) is 11.3. The molecule has 0 aliphatic rings. The van der Waals surface area contributed by atoms with Crippen LogP contribution in [0.15, 0.2) is 60.8 Å². The van der Waals surface area contributed by atoms with E-state index in [2.05, 4.69) is 15.6 Å². The monoisotopic (exact) mass is 465 g/mol. The highest BCUT2D eigenvalue weighted by Gasteiger charge is 2.29. The second kappa shape index (κ2) is 11.9. The number of nitrogens with one attached hydrogen (secondary N) is 3. The van der Waals surface area contributed by atoms with Crippen molar-refractivity contribution in [1.29, 1.82) is 0 Å². The van der Waals surface area contributed by atoms with Gasteiger partial charge in [-0.2, -0.15) is 0 Å². The van der Waals surface area contributed by atoms with Crippen molar-refractivity contribution in [2.75, 3.05) is 7.11 Å². The normalized spacial score (nSPS) is 12.7. The van der Waals surface area contributed by atoms with Crippen LogP contribution in [0.5, 0.6) is 0 Å². The van der Waals surface area contributed by atoms with Gasteiger partial charge in [-0.25, -0.2) is 9.59 Å². The van der Waals surface area contributed by atoms with E-state index in [1.165, 1.54) is 7.11 Å². The zero-order valence-electron chi connectivity index (χ0n) is 19.7. The lowest BCUT2D eigenvalue weighted by atomic mass is 10.0. The zero-order chi connectivity index (χ0) is 24.5. The fraction of sp³-hybridized carbons (Fsp3) is 0.346. The van der Waals surface area contributed by atoms with E-state index < -0.39 is 30.1 Å². The summed E-state index contributed by atoms with van der Waals surface area (Å²) >= 11 is 0. The number of methoxy groups -OCH3 is 1. The predicted octanol–water partition coefficient (Wildman–Crippen LogP) is 3.71. The number of ether oxygens (including phenoxy) is 2. The Bertz CT molecular complexity index is 1110. The minimum Gasteiger partial charge on any atom is -0.467 e. The van der Waals surface area contributed by atoms with Gasteiger partial charge in [-0.3, -0.25) is 4.79 Å². The summed E-state index contributed by atoms with van der Waals surface area (Å²) in [6, 6.07) is 15.2. The van der Waals surface area contributed by atoms with E-state index in [0.717, 1.165) is 22.0 Å². The molecule has 0 aliphatic carbocycles. The second-order valence-corrected chi connectivity index (χ2v) is 8.54. The van der Waals surface area contributed by atoms with E-state index in [0.29, 0.717) is 6.42 Å². The fourth-order valence-electron chi connectivity index (χ4n) is 3.74. The molecule has 2 unspecified atom stereocenters. The zero-order valence-corrected chi connectivity index (χ0v) is 19.7. The van der Waals surface area contributed by atoms with Gasteiger partial charge in [-0.15, -0.1) is 0 Å². The number of H-pyrrole nitrogens is 1. The molecule has 8 heteroatoms. The molecule has 1 heterocycles. The summed E-state index contributed by atoms with van der Waals surface area (Å²) in [7, 11) is 1.28. The van der Waals surface area contributed by atoms with E-state index in [1.807, 2.05) is 74.6 Å². The van der Waals surface area contributed by atoms with Crippen molar-refractivity contribution in [1.82, 2.24) is 15.6 Å². The van der Waals surface area contributed by atoms with Crippen LogP contribution in [0.3, 0.4) is 0 Å². The highest BCUT2D eigenvalue weighted by molar-refractivity contribution is 5.91.